The van der Waals surface area contributed by atoms with Crippen molar-refractivity contribution in [3.63, 3.8) is 0 Å². The highest BCUT2D eigenvalue weighted by Crippen LogP contribution is 2.28. The van der Waals surface area contributed by atoms with E-state index in [1.807, 2.05) is 0 Å². The van der Waals surface area contributed by atoms with Gasteiger partial charge in [0.2, 0.25) is 5.28 Å². The third-order valence-electron chi connectivity index (χ3n) is 3.46. The van der Waals surface area contributed by atoms with E-state index >= 15 is 0 Å². The summed E-state index contributed by atoms with van der Waals surface area (Å²) in [5.74, 6) is 2.62. The molecule has 0 aromatic carbocycles. The molecule has 1 saturated heterocycles. The zero-order valence-corrected chi connectivity index (χ0v) is 13.8. The summed E-state index contributed by atoms with van der Waals surface area (Å²) >= 11 is 5.34. The molecule has 3 heterocycles. The molecule has 118 valence electrons. The van der Waals surface area contributed by atoms with Crippen LogP contribution in [0.4, 0.5) is 11.6 Å². The van der Waals surface area contributed by atoms with Gasteiger partial charge in [-0.25, -0.2) is 15.0 Å². The minimum absolute atomic E-state index is 0.170. The quantitative estimate of drug-likeness (QED) is 0.665. The number of anilines is 2. The molecule has 0 atom stereocenters. The van der Waals surface area contributed by atoms with Gasteiger partial charge in [-0.05, 0) is 18.0 Å². The monoisotopic (exact) mass is 340 g/mol. The van der Waals surface area contributed by atoms with E-state index in [4.69, 9.17) is 11.6 Å². The molecule has 0 bridgehead atoms. The van der Waals surface area contributed by atoms with Crippen LogP contribution < -0.4 is 10.2 Å². The van der Waals surface area contributed by atoms with Crippen molar-refractivity contribution in [2.75, 3.05) is 41.4 Å². The van der Waals surface area contributed by atoms with Crippen LogP contribution >= 0.6 is 11.6 Å². The average molecular weight is 341 g/mol. The van der Waals surface area contributed by atoms with Crippen molar-refractivity contribution in [3.05, 3.63) is 11.6 Å². The second-order valence-corrected chi connectivity index (χ2v) is 7.03. The van der Waals surface area contributed by atoms with Crippen LogP contribution in [0, 0.1) is 0 Å². The van der Waals surface area contributed by atoms with E-state index in [9.17, 15) is 4.55 Å². The third-order valence-corrected chi connectivity index (χ3v) is 4.90. The van der Waals surface area contributed by atoms with E-state index in [2.05, 4.69) is 37.1 Å². The Morgan fingerprint density at radius 2 is 2.05 bits per heavy atom. The Labute approximate surface area is 136 Å². The van der Waals surface area contributed by atoms with Crippen molar-refractivity contribution in [2.24, 2.45) is 0 Å². The van der Waals surface area contributed by atoms with Gasteiger partial charge in [0.25, 0.3) is 0 Å². The molecule has 9 heteroatoms. The van der Waals surface area contributed by atoms with Crippen molar-refractivity contribution in [1.82, 2.24) is 19.9 Å². The van der Waals surface area contributed by atoms with Crippen LogP contribution in [0.1, 0.15) is 13.3 Å². The molecule has 2 aromatic heterocycles. The zero-order valence-electron chi connectivity index (χ0n) is 12.3. The van der Waals surface area contributed by atoms with Gasteiger partial charge in [-0.1, -0.05) is 18.1 Å². The van der Waals surface area contributed by atoms with Crippen molar-refractivity contribution >= 4 is 45.4 Å². The van der Waals surface area contributed by atoms with Crippen LogP contribution in [-0.4, -0.2) is 55.6 Å². The molecule has 0 amide bonds. The lowest BCUT2D eigenvalue weighted by molar-refractivity contribution is 0.585. The molecule has 0 unspecified atom stereocenters. The van der Waals surface area contributed by atoms with Crippen LogP contribution in [0.25, 0.3) is 11.0 Å². The first kappa shape index (κ1) is 15.5. The molecule has 22 heavy (non-hydrogen) atoms. The lowest BCUT2D eigenvalue weighted by atomic mass is 10.3. The lowest BCUT2D eigenvalue weighted by Gasteiger charge is -2.29. The summed E-state index contributed by atoms with van der Waals surface area (Å²) in [6.45, 7) is 4.23. The van der Waals surface area contributed by atoms with Crippen molar-refractivity contribution < 1.29 is 4.55 Å². The first-order valence-electron chi connectivity index (χ1n) is 7.21. The van der Waals surface area contributed by atoms with Crippen LogP contribution in [0.15, 0.2) is 6.33 Å². The summed E-state index contributed by atoms with van der Waals surface area (Å²) in [4.78, 5) is 19.3. The van der Waals surface area contributed by atoms with Crippen LogP contribution in [0.5, 0.6) is 0 Å². The highest BCUT2D eigenvalue weighted by Gasteiger charge is 2.24. The number of hydrogen-bond donors (Lipinski definition) is 1. The van der Waals surface area contributed by atoms with Gasteiger partial charge in [-0.2, -0.15) is 4.98 Å². The zero-order chi connectivity index (χ0) is 15.5. The molecule has 1 aliphatic rings. The normalized spacial score (nSPS) is 16.2. The van der Waals surface area contributed by atoms with Gasteiger partial charge in [-0.15, -0.1) is 0 Å². The Kier molecular flexibility index (Phi) is 4.80. The smallest absolute Gasteiger partial charge is 0.225 e. The predicted octanol–water partition coefficient (Wildman–Crippen LogP) is 1.46. The predicted molar refractivity (Wildman–Crippen MR) is 89.0 cm³/mol. The number of nitrogens with one attached hydrogen (secondary N) is 1. The van der Waals surface area contributed by atoms with Gasteiger partial charge in [0.1, 0.15) is 28.9 Å². The molecular weight excluding hydrogens is 324 g/mol. The Balaban J connectivity index is 2.03. The Morgan fingerprint density at radius 3 is 2.77 bits per heavy atom. The summed E-state index contributed by atoms with van der Waals surface area (Å²) in [5.41, 5.74) is 1.29. The highest BCUT2D eigenvalue weighted by atomic mass is 35.5. The fourth-order valence-corrected chi connectivity index (χ4v) is 3.57. The fraction of sp³-hybridized carbons (Fsp3) is 0.538. The summed E-state index contributed by atoms with van der Waals surface area (Å²) < 4.78 is 11.5. The van der Waals surface area contributed by atoms with Gasteiger partial charge in [0, 0.05) is 6.54 Å². The standard InChI is InChI=1S/C13H17ClN6OS/c1-2-3-15-11-9-10(16-8-17-11)12(19-13(14)18-9)20-4-6-22(21)7-5-20/h8H,2-7H2,1H3,(H,15,16,17). The SMILES string of the molecule is CCCNc1ncnc2c(N3CC[S+]([O-])CC3)nc(Cl)nc12. The summed E-state index contributed by atoms with van der Waals surface area (Å²) in [5, 5.41) is 3.40. The van der Waals surface area contributed by atoms with E-state index in [-0.39, 0.29) is 5.28 Å². The summed E-state index contributed by atoms with van der Waals surface area (Å²) in [7, 11) is 0. The highest BCUT2D eigenvalue weighted by molar-refractivity contribution is 7.91. The molecule has 0 radical (unpaired) electrons. The van der Waals surface area contributed by atoms with Gasteiger partial charge in [0.15, 0.2) is 11.6 Å². The average Bonchev–Trinajstić information content (AvgIpc) is 2.53. The van der Waals surface area contributed by atoms with Crippen LogP contribution in [0.2, 0.25) is 5.28 Å². The third kappa shape index (κ3) is 3.18. The maximum atomic E-state index is 11.5. The van der Waals surface area contributed by atoms with E-state index in [0.29, 0.717) is 47.3 Å². The van der Waals surface area contributed by atoms with Crippen LogP contribution in [-0.2, 0) is 11.2 Å². The summed E-state index contributed by atoms with van der Waals surface area (Å²) in [6, 6.07) is 0. The molecule has 1 fully saturated rings. The first-order valence-corrected chi connectivity index (χ1v) is 9.07. The van der Waals surface area contributed by atoms with Crippen molar-refractivity contribution in [3.8, 4) is 0 Å². The summed E-state index contributed by atoms with van der Waals surface area (Å²) in [6.07, 6.45) is 2.48. The number of halogens is 1. The number of rotatable bonds is 4. The molecule has 2 aromatic rings. The van der Waals surface area contributed by atoms with Gasteiger partial charge in [-0.3, -0.25) is 0 Å². The first-order chi connectivity index (χ1) is 10.7. The second-order valence-electron chi connectivity index (χ2n) is 5.00. The van der Waals surface area contributed by atoms with E-state index in [1.165, 1.54) is 6.33 Å². The van der Waals surface area contributed by atoms with Gasteiger partial charge < -0.3 is 14.8 Å². The Morgan fingerprint density at radius 1 is 1.27 bits per heavy atom. The maximum absolute atomic E-state index is 11.5. The molecule has 1 aliphatic heterocycles. The van der Waals surface area contributed by atoms with Crippen molar-refractivity contribution in [1.29, 1.82) is 0 Å². The molecule has 1 N–H and O–H groups in total. The topological polar surface area (TPSA) is 89.9 Å². The van der Waals surface area contributed by atoms with Crippen LogP contribution in [0.3, 0.4) is 0 Å². The molecule has 0 spiro atoms. The largest absolute Gasteiger partial charge is 0.616 e. The minimum Gasteiger partial charge on any atom is -0.616 e. The molecule has 7 nitrogen and oxygen atoms in total. The molecule has 3 rings (SSSR count). The molecule has 0 saturated carbocycles. The fourth-order valence-electron chi connectivity index (χ4n) is 2.35. The minimum atomic E-state index is -0.746. The molecular formula is C13H17ClN6OS. The Hall–Kier alpha value is -1.38. The lowest BCUT2D eigenvalue weighted by Crippen LogP contribution is -2.41. The van der Waals surface area contributed by atoms with E-state index < -0.39 is 11.2 Å². The Bertz CT molecular complexity index is 664. The number of nitrogens with zero attached hydrogens (tertiary/aromatic N) is 5. The van der Waals surface area contributed by atoms with Crippen molar-refractivity contribution in [2.45, 2.75) is 13.3 Å². The maximum Gasteiger partial charge on any atom is 0.225 e. The number of fused-ring (bicyclic) bond motifs is 1. The van der Waals surface area contributed by atoms with E-state index in [1.54, 1.807) is 0 Å². The molecule has 0 aliphatic carbocycles. The van der Waals surface area contributed by atoms with Gasteiger partial charge in [0.05, 0.1) is 13.1 Å². The number of aromatic nitrogens is 4. The van der Waals surface area contributed by atoms with E-state index in [0.717, 1.165) is 13.0 Å². The number of hydrogen-bond acceptors (Lipinski definition) is 7. The van der Waals surface area contributed by atoms with Gasteiger partial charge >= 0.3 is 0 Å². The second kappa shape index (κ2) is 6.80.